The average Bonchev–Trinajstić information content (AvgIpc) is 3.07. The zero-order valence-electron chi connectivity index (χ0n) is 14.7. The lowest BCUT2D eigenvalue weighted by molar-refractivity contribution is -0.150. The summed E-state index contributed by atoms with van der Waals surface area (Å²) >= 11 is 0. The second-order valence-corrected chi connectivity index (χ2v) is 7.17. The van der Waals surface area contributed by atoms with Crippen molar-refractivity contribution in [3.63, 3.8) is 0 Å². The van der Waals surface area contributed by atoms with Gasteiger partial charge in [0.2, 0.25) is 0 Å². The molecular formula is C19H28O4. The van der Waals surface area contributed by atoms with Gasteiger partial charge < -0.3 is 9.47 Å². The smallest absolute Gasteiger partial charge is 0.172 e. The van der Waals surface area contributed by atoms with E-state index in [1.807, 2.05) is 26.8 Å². The highest BCUT2D eigenvalue weighted by atomic mass is 16.7. The van der Waals surface area contributed by atoms with Crippen molar-refractivity contribution in [3.05, 3.63) is 24.3 Å². The van der Waals surface area contributed by atoms with Gasteiger partial charge in [0, 0.05) is 11.8 Å². The Labute approximate surface area is 138 Å². The maximum Gasteiger partial charge on any atom is 0.172 e. The van der Waals surface area contributed by atoms with Crippen molar-refractivity contribution >= 4 is 11.6 Å². The van der Waals surface area contributed by atoms with Crippen molar-refractivity contribution in [2.45, 2.75) is 53.2 Å². The first kappa shape index (κ1) is 18.1. The summed E-state index contributed by atoms with van der Waals surface area (Å²) in [6.07, 6.45) is 4.91. The summed E-state index contributed by atoms with van der Waals surface area (Å²) < 4.78 is 11.2. The molecule has 0 spiro atoms. The molecule has 2 fully saturated rings. The van der Waals surface area contributed by atoms with Crippen LogP contribution in [0.25, 0.3) is 0 Å². The van der Waals surface area contributed by atoms with E-state index in [-0.39, 0.29) is 23.9 Å². The second-order valence-electron chi connectivity index (χ2n) is 7.17. The van der Waals surface area contributed by atoms with E-state index in [9.17, 15) is 9.59 Å². The lowest BCUT2D eigenvalue weighted by Gasteiger charge is -2.40. The lowest BCUT2D eigenvalue weighted by Crippen LogP contribution is -2.48. The predicted octanol–water partition coefficient (Wildman–Crippen LogP) is 3.46. The Kier molecular flexibility index (Phi) is 5.27. The normalized spacial score (nSPS) is 33.7. The van der Waals surface area contributed by atoms with Crippen molar-refractivity contribution in [3.8, 4) is 0 Å². The summed E-state index contributed by atoms with van der Waals surface area (Å²) in [5.41, 5.74) is -0.819. The monoisotopic (exact) mass is 320 g/mol. The van der Waals surface area contributed by atoms with Crippen molar-refractivity contribution in [2.75, 3.05) is 13.2 Å². The number of ketones is 2. The van der Waals surface area contributed by atoms with Crippen molar-refractivity contribution in [1.82, 2.24) is 0 Å². The van der Waals surface area contributed by atoms with E-state index in [0.717, 1.165) is 18.4 Å². The molecule has 2 rings (SSSR count). The highest BCUT2D eigenvalue weighted by molar-refractivity contribution is 6.14. The molecule has 1 aliphatic carbocycles. The first-order valence-corrected chi connectivity index (χ1v) is 8.39. The van der Waals surface area contributed by atoms with Gasteiger partial charge in [0.25, 0.3) is 0 Å². The van der Waals surface area contributed by atoms with E-state index in [1.54, 1.807) is 13.0 Å². The quantitative estimate of drug-likeness (QED) is 0.442. The highest BCUT2D eigenvalue weighted by Gasteiger charge is 2.51. The van der Waals surface area contributed by atoms with Crippen LogP contribution in [0.2, 0.25) is 0 Å². The molecule has 0 radical (unpaired) electrons. The fourth-order valence-corrected chi connectivity index (χ4v) is 3.53. The second kappa shape index (κ2) is 6.70. The Balaban J connectivity index is 2.26. The van der Waals surface area contributed by atoms with Gasteiger partial charge in [-0.2, -0.15) is 0 Å². The number of rotatable bonds is 5. The molecule has 0 bridgehead atoms. The molecule has 0 unspecified atom stereocenters. The van der Waals surface area contributed by atoms with Crippen LogP contribution in [0.5, 0.6) is 0 Å². The zero-order valence-corrected chi connectivity index (χ0v) is 14.7. The summed E-state index contributed by atoms with van der Waals surface area (Å²) in [7, 11) is 0. The van der Waals surface area contributed by atoms with Crippen LogP contribution < -0.4 is 0 Å². The van der Waals surface area contributed by atoms with Crippen LogP contribution in [-0.2, 0) is 19.1 Å². The molecule has 23 heavy (non-hydrogen) atoms. The number of allylic oxidation sites excluding steroid dienone is 2. The Bertz CT molecular complexity index is 529. The third-order valence-electron chi connectivity index (χ3n) is 5.69. The van der Waals surface area contributed by atoms with Crippen LogP contribution in [0.15, 0.2) is 24.3 Å². The van der Waals surface area contributed by atoms with Gasteiger partial charge >= 0.3 is 0 Å². The van der Waals surface area contributed by atoms with Crippen LogP contribution >= 0.6 is 0 Å². The molecule has 0 amide bonds. The van der Waals surface area contributed by atoms with Gasteiger partial charge in [0.05, 0.1) is 18.6 Å². The minimum atomic E-state index is -0.969. The predicted molar refractivity (Wildman–Crippen MR) is 88.9 cm³/mol. The third-order valence-corrected chi connectivity index (χ3v) is 5.69. The van der Waals surface area contributed by atoms with E-state index in [2.05, 4.69) is 6.58 Å². The molecule has 1 saturated heterocycles. The summed E-state index contributed by atoms with van der Waals surface area (Å²) in [4.78, 5) is 26.0. The first-order chi connectivity index (χ1) is 10.8. The number of carbonyl (C=O) groups excluding carboxylic acids is 2. The molecule has 2 aliphatic rings. The standard InChI is InChI=1S/C19H28O4/c1-6-14-9-8-13(3)19(5,16(14)21)15(20)12-18(4,7-2)17-22-10-11-23-17/h6-7,13,17H,2,8-12H2,1,3-5H3/b14-6+/t13-,18-,19+/m1/s1. The molecule has 1 heterocycles. The minimum Gasteiger partial charge on any atom is -0.349 e. The Hall–Kier alpha value is -1.26. The lowest BCUT2D eigenvalue weighted by atomic mass is 9.61. The molecule has 1 aliphatic heterocycles. The van der Waals surface area contributed by atoms with Crippen LogP contribution in [0.3, 0.4) is 0 Å². The van der Waals surface area contributed by atoms with Crippen LogP contribution in [0.1, 0.15) is 47.0 Å². The maximum absolute atomic E-state index is 13.1. The molecule has 3 atom stereocenters. The molecular weight excluding hydrogens is 292 g/mol. The summed E-state index contributed by atoms with van der Waals surface area (Å²) in [5, 5.41) is 0. The van der Waals surface area contributed by atoms with Gasteiger partial charge in [-0.25, -0.2) is 0 Å². The van der Waals surface area contributed by atoms with Gasteiger partial charge in [0.1, 0.15) is 5.78 Å². The van der Waals surface area contributed by atoms with Crippen molar-refractivity contribution < 1.29 is 19.1 Å². The van der Waals surface area contributed by atoms with E-state index in [4.69, 9.17) is 9.47 Å². The minimum absolute atomic E-state index is 0.0246. The SMILES string of the molecule is C=C[C@](C)(CC(=O)[C@@]1(C)C(=O)/C(=C/C)CC[C@H]1C)C1OCCO1. The van der Waals surface area contributed by atoms with Gasteiger partial charge in [0.15, 0.2) is 12.1 Å². The fourth-order valence-electron chi connectivity index (χ4n) is 3.53. The van der Waals surface area contributed by atoms with E-state index < -0.39 is 17.1 Å². The van der Waals surface area contributed by atoms with E-state index in [0.29, 0.717) is 13.2 Å². The summed E-state index contributed by atoms with van der Waals surface area (Å²) in [6.45, 7) is 12.5. The maximum atomic E-state index is 13.1. The third kappa shape index (κ3) is 3.07. The molecule has 1 saturated carbocycles. The Morgan fingerprint density at radius 2 is 2.04 bits per heavy atom. The number of carbonyl (C=O) groups is 2. The molecule has 4 heteroatoms. The van der Waals surface area contributed by atoms with Gasteiger partial charge in [-0.05, 0) is 38.2 Å². The zero-order chi connectivity index (χ0) is 17.3. The number of hydrogen-bond acceptors (Lipinski definition) is 4. The van der Waals surface area contributed by atoms with Gasteiger partial charge in [-0.1, -0.05) is 26.0 Å². The van der Waals surface area contributed by atoms with Crippen LogP contribution in [0, 0.1) is 16.7 Å². The van der Waals surface area contributed by atoms with E-state index >= 15 is 0 Å². The average molecular weight is 320 g/mol. The molecule has 128 valence electrons. The molecule has 0 aromatic heterocycles. The molecule has 0 aromatic rings. The molecule has 0 N–H and O–H groups in total. The summed E-state index contributed by atoms with van der Waals surface area (Å²) in [5.74, 6) is -0.0374. The van der Waals surface area contributed by atoms with Crippen LogP contribution in [0.4, 0.5) is 0 Å². The number of ether oxygens (including phenoxy) is 2. The summed E-state index contributed by atoms with van der Waals surface area (Å²) in [6, 6.07) is 0. The number of Topliss-reactive ketones (excluding diaryl/α,β-unsaturated/α-hetero) is 2. The van der Waals surface area contributed by atoms with Gasteiger partial charge in [-0.3, -0.25) is 9.59 Å². The van der Waals surface area contributed by atoms with Crippen LogP contribution in [-0.4, -0.2) is 31.1 Å². The van der Waals surface area contributed by atoms with Crippen molar-refractivity contribution in [1.29, 1.82) is 0 Å². The Morgan fingerprint density at radius 1 is 1.43 bits per heavy atom. The molecule has 0 aromatic carbocycles. The number of hydrogen-bond donors (Lipinski definition) is 0. The van der Waals surface area contributed by atoms with E-state index in [1.165, 1.54) is 0 Å². The fraction of sp³-hybridized carbons (Fsp3) is 0.684. The largest absolute Gasteiger partial charge is 0.349 e. The highest BCUT2D eigenvalue weighted by Crippen LogP contribution is 2.45. The first-order valence-electron chi connectivity index (χ1n) is 8.39. The van der Waals surface area contributed by atoms with Gasteiger partial charge in [-0.15, -0.1) is 6.58 Å². The molecule has 4 nitrogen and oxygen atoms in total. The Morgan fingerprint density at radius 3 is 2.57 bits per heavy atom. The van der Waals surface area contributed by atoms with Crippen molar-refractivity contribution in [2.24, 2.45) is 16.7 Å². The topological polar surface area (TPSA) is 52.6 Å².